The molecule has 1 aliphatic rings. The van der Waals surface area contributed by atoms with Gasteiger partial charge in [0.05, 0.1) is 21.6 Å². The van der Waals surface area contributed by atoms with E-state index >= 15 is 0 Å². The van der Waals surface area contributed by atoms with Gasteiger partial charge in [0.25, 0.3) is 11.6 Å². The molecule has 1 heterocycles. The van der Waals surface area contributed by atoms with Crippen LogP contribution in [-0.2, 0) is 4.79 Å². The van der Waals surface area contributed by atoms with Crippen LogP contribution in [-0.4, -0.2) is 26.9 Å². The van der Waals surface area contributed by atoms with Crippen molar-refractivity contribution < 1.29 is 24.5 Å². The van der Waals surface area contributed by atoms with Crippen molar-refractivity contribution in [2.45, 2.75) is 0 Å². The maximum atomic E-state index is 12.6. The summed E-state index contributed by atoms with van der Waals surface area (Å²) in [6, 6.07) is 6.51. The SMILES string of the molecule is O=C1N/C(=C/c2cc([N+](=O)[O-])cc([N+](=O)[O-])c2O)C(=O)N1c1cccc(Cl)c1. The second-order valence-corrected chi connectivity index (χ2v) is 5.96. The van der Waals surface area contributed by atoms with Crippen molar-refractivity contribution in [3.8, 4) is 5.75 Å². The zero-order valence-electron chi connectivity index (χ0n) is 13.7. The van der Waals surface area contributed by atoms with Crippen LogP contribution in [0.3, 0.4) is 0 Å². The number of amides is 3. The lowest BCUT2D eigenvalue weighted by Crippen LogP contribution is -2.30. The molecule has 3 amide bonds. The lowest BCUT2D eigenvalue weighted by atomic mass is 10.1. The largest absolute Gasteiger partial charge is 0.502 e. The predicted octanol–water partition coefficient (Wildman–Crippen LogP) is 2.96. The molecular formula is C16H9ClN4O7. The normalized spacial score (nSPS) is 15.0. The van der Waals surface area contributed by atoms with Crippen molar-refractivity contribution in [1.29, 1.82) is 0 Å². The summed E-state index contributed by atoms with van der Waals surface area (Å²) < 4.78 is 0. The number of nitro groups is 2. The van der Waals surface area contributed by atoms with Gasteiger partial charge in [0.1, 0.15) is 5.70 Å². The van der Waals surface area contributed by atoms with Crippen molar-refractivity contribution in [2.24, 2.45) is 0 Å². The molecule has 0 saturated carbocycles. The van der Waals surface area contributed by atoms with Gasteiger partial charge in [0.2, 0.25) is 5.75 Å². The van der Waals surface area contributed by atoms with Gasteiger partial charge in [-0.25, -0.2) is 9.69 Å². The highest BCUT2D eigenvalue weighted by Gasteiger charge is 2.35. The summed E-state index contributed by atoms with van der Waals surface area (Å²) in [6.45, 7) is 0. The first kappa shape index (κ1) is 18.8. The van der Waals surface area contributed by atoms with Crippen LogP contribution < -0.4 is 10.2 Å². The van der Waals surface area contributed by atoms with E-state index in [1.807, 2.05) is 0 Å². The number of aromatic hydroxyl groups is 1. The number of urea groups is 1. The Morgan fingerprint density at radius 3 is 2.43 bits per heavy atom. The monoisotopic (exact) mass is 404 g/mol. The second-order valence-electron chi connectivity index (χ2n) is 5.53. The fourth-order valence-electron chi connectivity index (χ4n) is 2.52. The summed E-state index contributed by atoms with van der Waals surface area (Å²) in [5.41, 5.74) is -2.12. The third kappa shape index (κ3) is 3.33. The highest BCUT2D eigenvalue weighted by Crippen LogP contribution is 2.36. The van der Waals surface area contributed by atoms with E-state index in [1.54, 1.807) is 6.07 Å². The summed E-state index contributed by atoms with van der Waals surface area (Å²) in [4.78, 5) is 45.6. The lowest BCUT2D eigenvalue weighted by molar-refractivity contribution is -0.394. The Hall–Kier alpha value is -3.99. The van der Waals surface area contributed by atoms with Crippen LogP contribution >= 0.6 is 11.6 Å². The molecule has 0 spiro atoms. The van der Waals surface area contributed by atoms with E-state index < -0.39 is 38.9 Å². The molecule has 0 atom stereocenters. The number of hydrogen-bond acceptors (Lipinski definition) is 7. The van der Waals surface area contributed by atoms with E-state index in [0.717, 1.165) is 17.0 Å². The fourth-order valence-corrected chi connectivity index (χ4v) is 2.71. The Labute approximate surface area is 160 Å². The summed E-state index contributed by atoms with van der Waals surface area (Å²) >= 11 is 5.85. The Balaban J connectivity index is 2.07. The number of halogens is 1. The van der Waals surface area contributed by atoms with E-state index in [1.165, 1.54) is 18.2 Å². The first-order valence-corrected chi connectivity index (χ1v) is 7.85. The minimum atomic E-state index is -1.00. The third-order valence-electron chi connectivity index (χ3n) is 3.76. The third-order valence-corrected chi connectivity index (χ3v) is 3.99. The van der Waals surface area contributed by atoms with E-state index in [9.17, 15) is 34.9 Å². The zero-order valence-corrected chi connectivity index (χ0v) is 14.4. The topological polar surface area (TPSA) is 156 Å². The standard InChI is InChI=1S/C16H9ClN4O7/c17-9-2-1-3-10(6-9)19-15(23)12(18-16(19)24)5-8-4-11(20(25)26)7-13(14(8)22)21(27)28/h1-7,22H,(H,18,24)/b12-5+. The Morgan fingerprint density at radius 2 is 1.82 bits per heavy atom. The minimum Gasteiger partial charge on any atom is -0.502 e. The van der Waals surface area contributed by atoms with Crippen molar-refractivity contribution in [2.75, 3.05) is 4.90 Å². The van der Waals surface area contributed by atoms with Gasteiger partial charge < -0.3 is 10.4 Å². The number of phenolic OH excluding ortho intramolecular Hbond substituents is 1. The molecule has 0 radical (unpaired) electrons. The first-order valence-electron chi connectivity index (χ1n) is 7.47. The number of hydrogen-bond donors (Lipinski definition) is 2. The fraction of sp³-hybridized carbons (Fsp3) is 0. The molecule has 3 rings (SSSR count). The number of benzene rings is 2. The molecule has 2 aromatic rings. The van der Waals surface area contributed by atoms with Gasteiger partial charge in [-0.15, -0.1) is 0 Å². The van der Waals surface area contributed by atoms with Gasteiger partial charge in [-0.1, -0.05) is 17.7 Å². The van der Waals surface area contributed by atoms with Crippen molar-refractivity contribution in [3.63, 3.8) is 0 Å². The smallest absolute Gasteiger partial charge is 0.333 e. The predicted molar refractivity (Wildman–Crippen MR) is 96.9 cm³/mol. The maximum absolute atomic E-state index is 12.6. The summed E-state index contributed by atoms with van der Waals surface area (Å²) in [5.74, 6) is -1.72. The molecule has 2 aromatic carbocycles. The Kier molecular flexibility index (Phi) is 4.67. The Morgan fingerprint density at radius 1 is 1.11 bits per heavy atom. The molecule has 11 nitrogen and oxygen atoms in total. The molecular weight excluding hydrogens is 396 g/mol. The highest BCUT2D eigenvalue weighted by atomic mass is 35.5. The van der Waals surface area contributed by atoms with Crippen molar-refractivity contribution >= 4 is 46.7 Å². The summed E-state index contributed by atoms with van der Waals surface area (Å²) in [7, 11) is 0. The number of rotatable bonds is 4. The average Bonchev–Trinajstić information content (AvgIpc) is 2.89. The van der Waals surface area contributed by atoms with Crippen LogP contribution in [0.1, 0.15) is 5.56 Å². The molecule has 28 heavy (non-hydrogen) atoms. The summed E-state index contributed by atoms with van der Waals surface area (Å²) in [6.07, 6.45) is 0.917. The van der Waals surface area contributed by atoms with Gasteiger partial charge >= 0.3 is 11.7 Å². The number of non-ortho nitro benzene ring substituents is 1. The lowest BCUT2D eigenvalue weighted by Gasteiger charge is -2.11. The molecule has 1 saturated heterocycles. The first-order chi connectivity index (χ1) is 13.2. The number of nitrogens with zero attached hydrogens (tertiary/aromatic N) is 3. The number of carbonyl (C=O) groups excluding carboxylic acids is 2. The molecule has 0 aliphatic carbocycles. The van der Waals surface area contributed by atoms with Crippen molar-refractivity contribution in [3.05, 3.63) is 72.9 Å². The molecule has 0 aromatic heterocycles. The second kappa shape index (κ2) is 6.96. The van der Waals surface area contributed by atoms with Crippen LogP contribution in [0.5, 0.6) is 5.75 Å². The van der Waals surface area contributed by atoms with Crippen LogP contribution in [0.2, 0.25) is 5.02 Å². The van der Waals surface area contributed by atoms with Gasteiger partial charge in [-0.05, 0) is 24.3 Å². The number of phenols is 1. The van der Waals surface area contributed by atoms with Crippen LogP contribution in [0.15, 0.2) is 42.1 Å². The molecule has 2 N–H and O–H groups in total. The highest BCUT2D eigenvalue weighted by molar-refractivity contribution is 6.32. The quantitative estimate of drug-likeness (QED) is 0.343. The van der Waals surface area contributed by atoms with Crippen LogP contribution in [0.4, 0.5) is 21.9 Å². The number of imide groups is 1. The van der Waals surface area contributed by atoms with E-state index in [-0.39, 0.29) is 22.0 Å². The Bertz CT molecular complexity index is 1080. The minimum absolute atomic E-state index is 0.174. The molecule has 0 bridgehead atoms. The van der Waals surface area contributed by atoms with Crippen LogP contribution in [0.25, 0.3) is 6.08 Å². The zero-order chi connectivity index (χ0) is 20.6. The average molecular weight is 405 g/mol. The molecule has 1 aliphatic heterocycles. The van der Waals surface area contributed by atoms with Gasteiger partial charge in [-0.3, -0.25) is 25.0 Å². The number of nitrogens with one attached hydrogen (secondary N) is 1. The van der Waals surface area contributed by atoms with Gasteiger partial charge in [0.15, 0.2) is 0 Å². The molecule has 12 heteroatoms. The van der Waals surface area contributed by atoms with Crippen LogP contribution in [0, 0.1) is 20.2 Å². The number of carbonyl (C=O) groups is 2. The molecule has 0 unspecified atom stereocenters. The number of anilines is 1. The number of nitro benzene ring substituents is 2. The summed E-state index contributed by atoms with van der Waals surface area (Å²) in [5, 5.41) is 34.6. The molecule has 142 valence electrons. The van der Waals surface area contributed by atoms with Gasteiger partial charge in [0, 0.05) is 16.7 Å². The van der Waals surface area contributed by atoms with E-state index in [4.69, 9.17) is 11.6 Å². The maximum Gasteiger partial charge on any atom is 0.333 e. The molecule has 1 fully saturated rings. The van der Waals surface area contributed by atoms with Crippen molar-refractivity contribution in [1.82, 2.24) is 5.32 Å². The van der Waals surface area contributed by atoms with E-state index in [2.05, 4.69) is 5.32 Å². The van der Waals surface area contributed by atoms with Gasteiger partial charge in [-0.2, -0.15) is 0 Å². The van der Waals surface area contributed by atoms with E-state index in [0.29, 0.717) is 6.07 Å².